The topological polar surface area (TPSA) is 139 Å². The molecule has 3 aromatic carbocycles. The molecule has 40 heavy (non-hydrogen) atoms. The predicted octanol–water partition coefficient (Wildman–Crippen LogP) is 3.74. The minimum atomic E-state index is -4.27. The van der Waals surface area contributed by atoms with Crippen LogP contribution in [-0.4, -0.2) is 55.8 Å². The van der Waals surface area contributed by atoms with Crippen LogP contribution in [0.1, 0.15) is 26.3 Å². The largest absolute Gasteiger partial charge is 0.497 e. The van der Waals surface area contributed by atoms with Gasteiger partial charge >= 0.3 is 0 Å². The number of nitro groups is 1. The van der Waals surface area contributed by atoms with E-state index in [0.29, 0.717) is 11.3 Å². The summed E-state index contributed by atoms with van der Waals surface area (Å²) >= 11 is 0. The van der Waals surface area contributed by atoms with Crippen LogP contribution in [0.25, 0.3) is 0 Å². The maximum absolute atomic E-state index is 13.9. The van der Waals surface area contributed by atoms with Crippen LogP contribution < -0.4 is 14.4 Å². The summed E-state index contributed by atoms with van der Waals surface area (Å²) in [5.74, 6) is -0.491. The van der Waals surface area contributed by atoms with Gasteiger partial charge in [-0.1, -0.05) is 30.3 Å². The van der Waals surface area contributed by atoms with E-state index < -0.39 is 39.3 Å². The monoisotopic (exact) mass is 568 g/mol. The molecule has 1 atom stereocenters. The third kappa shape index (κ3) is 7.35. The van der Waals surface area contributed by atoms with E-state index in [1.807, 2.05) is 0 Å². The van der Waals surface area contributed by atoms with Gasteiger partial charge in [0.15, 0.2) is 0 Å². The van der Waals surface area contributed by atoms with Crippen molar-refractivity contribution in [2.45, 2.75) is 44.3 Å². The number of rotatable bonds is 12. The number of carbonyl (C=O) groups excluding carboxylic acids is 2. The summed E-state index contributed by atoms with van der Waals surface area (Å²) in [6.07, 6.45) is 0. The summed E-state index contributed by atoms with van der Waals surface area (Å²) in [6.45, 7) is 4.50. The molecule has 0 unspecified atom stereocenters. The first kappa shape index (κ1) is 30.1. The van der Waals surface area contributed by atoms with Gasteiger partial charge < -0.3 is 15.0 Å². The quantitative estimate of drug-likeness (QED) is 0.259. The highest BCUT2D eigenvalue weighted by atomic mass is 32.2. The number of ether oxygens (including phenoxy) is 1. The highest BCUT2D eigenvalue weighted by Crippen LogP contribution is 2.26. The number of benzene rings is 3. The molecule has 3 aromatic rings. The smallest absolute Gasteiger partial charge is 0.269 e. The van der Waals surface area contributed by atoms with Gasteiger partial charge in [0, 0.05) is 24.7 Å². The fourth-order valence-corrected chi connectivity index (χ4v) is 5.38. The van der Waals surface area contributed by atoms with Gasteiger partial charge in [0.25, 0.3) is 15.7 Å². The summed E-state index contributed by atoms with van der Waals surface area (Å²) in [5.41, 5.74) is 0.499. The lowest BCUT2D eigenvalue weighted by Crippen LogP contribution is -2.52. The second-order valence-electron chi connectivity index (χ2n) is 9.31. The molecule has 2 amide bonds. The normalized spacial score (nSPS) is 11.9. The fourth-order valence-electron chi connectivity index (χ4n) is 3.94. The molecule has 11 nitrogen and oxygen atoms in total. The van der Waals surface area contributed by atoms with Crippen LogP contribution >= 0.6 is 0 Å². The minimum absolute atomic E-state index is 0.00218. The van der Waals surface area contributed by atoms with Crippen molar-refractivity contribution >= 4 is 33.2 Å². The Labute approximate surface area is 233 Å². The Kier molecular flexibility index (Phi) is 9.83. The zero-order chi connectivity index (χ0) is 29.4. The number of sulfonamides is 1. The number of nitrogens with zero attached hydrogens (tertiary/aromatic N) is 3. The number of amides is 2. The summed E-state index contributed by atoms with van der Waals surface area (Å²) in [4.78, 5) is 38.6. The lowest BCUT2D eigenvalue weighted by Gasteiger charge is -2.32. The first-order chi connectivity index (χ1) is 18.9. The summed E-state index contributed by atoms with van der Waals surface area (Å²) in [5, 5.41) is 14.0. The average molecular weight is 569 g/mol. The molecule has 0 bridgehead atoms. The molecule has 0 aliphatic heterocycles. The third-order valence-electron chi connectivity index (χ3n) is 6.04. The highest BCUT2D eigenvalue weighted by Gasteiger charge is 2.33. The van der Waals surface area contributed by atoms with E-state index in [0.717, 1.165) is 4.31 Å². The standard InChI is InChI=1S/C28H32N4O7S/c1-20(2)29-28(34)21(3)30(18-22-9-8-10-25(17-22)39-4)27(33)19-31(23-13-15-24(16-14-23)32(35)36)40(37,38)26-11-6-5-7-12-26/h5-17,20-21H,18-19H2,1-4H3,(H,29,34)/t21-/m1/s1. The van der Waals surface area contributed by atoms with Crippen molar-refractivity contribution in [2.24, 2.45) is 0 Å². The zero-order valence-electron chi connectivity index (χ0n) is 22.7. The molecule has 0 fully saturated rings. The molecule has 212 valence electrons. The van der Waals surface area contributed by atoms with Crippen molar-refractivity contribution in [3.63, 3.8) is 0 Å². The Morgan fingerprint density at radius 2 is 1.62 bits per heavy atom. The van der Waals surface area contributed by atoms with E-state index in [2.05, 4.69) is 5.32 Å². The zero-order valence-corrected chi connectivity index (χ0v) is 23.5. The number of nitro benzene ring substituents is 1. The van der Waals surface area contributed by atoms with Crippen molar-refractivity contribution in [2.75, 3.05) is 18.0 Å². The van der Waals surface area contributed by atoms with Crippen LogP contribution in [-0.2, 0) is 26.2 Å². The van der Waals surface area contributed by atoms with Crippen LogP contribution in [0.3, 0.4) is 0 Å². The van der Waals surface area contributed by atoms with E-state index in [1.165, 1.54) is 48.4 Å². The number of hydrogen-bond acceptors (Lipinski definition) is 7. The van der Waals surface area contributed by atoms with E-state index in [1.54, 1.807) is 63.2 Å². The van der Waals surface area contributed by atoms with Crippen molar-refractivity contribution < 1.29 is 27.7 Å². The van der Waals surface area contributed by atoms with Crippen LogP contribution in [0.5, 0.6) is 5.75 Å². The van der Waals surface area contributed by atoms with Crippen molar-refractivity contribution in [3.05, 3.63) is 94.5 Å². The maximum Gasteiger partial charge on any atom is 0.269 e. The summed E-state index contributed by atoms with van der Waals surface area (Å²) < 4.78 is 33.6. The number of non-ortho nitro benzene ring substituents is 1. The van der Waals surface area contributed by atoms with Gasteiger partial charge in [-0.25, -0.2) is 8.42 Å². The molecule has 1 N–H and O–H groups in total. The molecule has 12 heteroatoms. The molecule has 0 aliphatic carbocycles. The molecule has 0 spiro atoms. The second kappa shape index (κ2) is 13.1. The van der Waals surface area contributed by atoms with Crippen molar-refractivity contribution in [3.8, 4) is 5.75 Å². The molecule has 3 rings (SSSR count). The van der Waals surface area contributed by atoms with Crippen LogP contribution in [0.4, 0.5) is 11.4 Å². The molecule has 0 saturated carbocycles. The lowest BCUT2D eigenvalue weighted by atomic mass is 10.1. The number of hydrogen-bond donors (Lipinski definition) is 1. The van der Waals surface area contributed by atoms with Crippen LogP contribution in [0.15, 0.2) is 83.8 Å². The van der Waals surface area contributed by atoms with Gasteiger partial charge in [0.05, 0.1) is 22.6 Å². The number of carbonyl (C=O) groups is 2. The minimum Gasteiger partial charge on any atom is -0.497 e. The van der Waals surface area contributed by atoms with E-state index in [-0.39, 0.29) is 28.9 Å². The Morgan fingerprint density at radius 1 is 0.975 bits per heavy atom. The first-order valence-corrected chi connectivity index (χ1v) is 13.9. The number of nitrogens with one attached hydrogen (secondary N) is 1. The molecule has 0 aliphatic rings. The third-order valence-corrected chi connectivity index (χ3v) is 7.83. The van der Waals surface area contributed by atoms with Gasteiger partial charge in [-0.3, -0.25) is 24.0 Å². The second-order valence-corrected chi connectivity index (χ2v) is 11.2. The molecule has 0 radical (unpaired) electrons. The van der Waals surface area contributed by atoms with Gasteiger partial charge in [-0.05, 0) is 62.7 Å². The SMILES string of the molecule is COc1cccc(CN(C(=O)CN(c2ccc([N+](=O)[O-])cc2)S(=O)(=O)c2ccccc2)[C@H](C)C(=O)NC(C)C)c1. The Morgan fingerprint density at radius 3 is 2.20 bits per heavy atom. The summed E-state index contributed by atoms with van der Waals surface area (Å²) in [7, 11) is -2.76. The van der Waals surface area contributed by atoms with E-state index in [9.17, 15) is 28.1 Å². The van der Waals surface area contributed by atoms with Gasteiger partial charge in [-0.2, -0.15) is 0 Å². The molecule has 0 aromatic heterocycles. The molecule has 0 heterocycles. The highest BCUT2D eigenvalue weighted by molar-refractivity contribution is 7.92. The summed E-state index contributed by atoms with van der Waals surface area (Å²) in [6, 6.07) is 18.3. The van der Waals surface area contributed by atoms with E-state index in [4.69, 9.17) is 4.74 Å². The Bertz CT molecular complexity index is 1440. The Hall–Kier alpha value is -4.45. The molecular weight excluding hydrogens is 536 g/mol. The van der Waals surface area contributed by atoms with Gasteiger partial charge in [0.2, 0.25) is 11.8 Å². The fraction of sp³-hybridized carbons (Fsp3) is 0.286. The number of methoxy groups -OCH3 is 1. The van der Waals surface area contributed by atoms with Crippen molar-refractivity contribution in [1.82, 2.24) is 10.2 Å². The first-order valence-electron chi connectivity index (χ1n) is 12.5. The number of anilines is 1. The Balaban J connectivity index is 2.04. The molecule has 0 saturated heterocycles. The maximum atomic E-state index is 13.9. The van der Waals surface area contributed by atoms with E-state index >= 15 is 0 Å². The van der Waals surface area contributed by atoms with Crippen molar-refractivity contribution in [1.29, 1.82) is 0 Å². The van der Waals surface area contributed by atoms with Crippen LogP contribution in [0.2, 0.25) is 0 Å². The predicted molar refractivity (Wildman–Crippen MR) is 150 cm³/mol. The lowest BCUT2D eigenvalue weighted by molar-refractivity contribution is -0.384. The molecular formula is C28H32N4O7S. The van der Waals surface area contributed by atoms with Crippen LogP contribution in [0, 0.1) is 10.1 Å². The van der Waals surface area contributed by atoms with Gasteiger partial charge in [-0.15, -0.1) is 0 Å². The average Bonchev–Trinajstić information content (AvgIpc) is 2.94. The van der Waals surface area contributed by atoms with Gasteiger partial charge in [0.1, 0.15) is 18.3 Å².